The fraction of sp³-hybridized carbons (Fsp3) is 0.189. The number of aliphatic hydroxyl groups excluding tert-OH is 3. The number of benzene rings is 4. The maximum Gasteiger partial charge on any atom is 0.229 e. The van der Waals surface area contributed by atoms with Gasteiger partial charge in [-0.3, -0.25) is 4.21 Å². The number of anilines is 16. The highest BCUT2D eigenvalue weighted by atomic mass is 79.9. The van der Waals surface area contributed by atoms with E-state index in [4.69, 9.17) is 10.8 Å². The third-order valence-corrected chi connectivity index (χ3v) is 19.1. The maximum atomic E-state index is 11.6. The number of pyridine rings is 4. The fourth-order valence-corrected chi connectivity index (χ4v) is 11.5. The topological polar surface area (TPSA) is 391 Å². The Morgan fingerprint density at radius 3 is 1.10 bits per heavy atom. The van der Waals surface area contributed by atoms with E-state index >= 15 is 0 Å². The standard InChI is InChI=1S/C19H21BrN6O2.C19H21BrN6O.C16H14BrN5OS.C16H14BrN5S.C4H11NO/c1-12(13(2)27)22-18-16(20)11-21-19(25-18)24-15-8-6-14(7-9-15)23-17-5-3-4-10-26(17)28;1-12(13(2)27)23-18-16(20)11-22-19(26-18)25-15-8-6-14(7-9-15)24-17-5-3-4-10-21-17;1-24(23)15-13(17)10-19-16(22-15)21-12-7-5-11(6-8-12)20-14-4-2-3-9-18-14;1-23-15-13(17)10-19-16(22-15)21-12-7-5-11(6-8-12)20-14-4-2-3-9-18-14;1-3(5)4(2)6/h3-13,27-28H,1-2H3,(H2,21,22,24,25);3-13,27H,1-2H3,(H,21,24)(H2,22,23,25,26);2-10H,1H3,(H,18,20)(H,19,21,22);2-10H,1H3,(H,18,20)(H,19,21,22);3-4,6H,5H2,1-2H3/t2*12-,13-;;;3-,4-/m11..1/s1. The molecule has 562 valence electrons. The van der Waals surface area contributed by atoms with Crippen LogP contribution in [0.1, 0.15) is 41.5 Å². The molecule has 0 aliphatic carbocycles. The summed E-state index contributed by atoms with van der Waals surface area (Å²) in [5, 5.41) is 67.5. The Morgan fingerprint density at radius 1 is 0.435 bits per heavy atom. The highest BCUT2D eigenvalue weighted by molar-refractivity contribution is 9.11. The molecule has 0 spiro atoms. The summed E-state index contributed by atoms with van der Waals surface area (Å²) in [6, 6.07) is 52.6. The molecule has 4 aromatic carbocycles. The first-order chi connectivity index (χ1) is 51.9. The molecule has 12 aromatic rings. The lowest BCUT2D eigenvalue weighted by Crippen LogP contribution is -2.28. The fourth-order valence-electron chi connectivity index (χ4n) is 8.34. The van der Waals surface area contributed by atoms with E-state index in [0.717, 1.165) is 76.0 Å². The number of hydrogen-bond acceptors (Lipinski definition) is 28. The van der Waals surface area contributed by atoms with Crippen molar-refractivity contribution in [1.29, 1.82) is 0 Å². The molecule has 34 heteroatoms. The Kier molecular flexibility index (Phi) is 33.2. The minimum atomic E-state index is -1.19. The van der Waals surface area contributed by atoms with Crippen LogP contribution in [0.2, 0.25) is 0 Å². The van der Waals surface area contributed by atoms with Crippen LogP contribution in [0.15, 0.2) is 252 Å². The van der Waals surface area contributed by atoms with E-state index in [1.54, 1.807) is 107 Å². The zero-order valence-corrected chi connectivity index (χ0v) is 67.6. The average Bonchev–Trinajstić information content (AvgIpc) is 0.859. The summed E-state index contributed by atoms with van der Waals surface area (Å²) in [5.74, 6) is 5.45. The minimum Gasteiger partial charge on any atom is -0.427 e. The molecule has 8 heterocycles. The van der Waals surface area contributed by atoms with Gasteiger partial charge in [-0.2, -0.15) is 14.7 Å². The minimum absolute atomic E-state index is 0.0926. The summed E-state index contributed by atoms with van der Waals surface area (Å²) in [7, 11) is -1.19. The predicted molar refractivity (Wildman–Crippen MR) is 446 cm³/mol. The van der Waals surface area contributed by atoms with Crippen LogP contribution in [0.4, 0.5) is 98.4 Å². The number of aromatic nitrogens is 12. The molecule has 0 aliphatic heterocycles. The van der Waals surface area contributed by atoms with Crippen LogP contribution in [0.5, 0.6) is 0 Å². The Hall–Kier alpha value is -10.1. The lowest BCUT2D eigenvalue weighted by molar-refractivity contribution is 0.170. The number of nitrogens with one attached hydrogen (secondary N) is 9. The summed E-state index contributed by atoms with van der Waals surface area (Å²) in [6.45, 7) is 10.6. The van der Waals surface area contributed by atoms with Crippen LogP contribution >= 0.6 is 75.5 Å². The summed E-state index contributed by atoms with van der Waals surface area (Å²) >= 11 is 15.1. The zero-order valence-electron chi connectivity index (χ0n) is 59.7. The third-order valence-electron chi connectivity index (χ3n) is 14.7. The molecule has 0 amide bonds. The van der Waals surface area contributed by atoms with Gasteiger partial charge in [-0.15, -0.1) is 11.8 Å². The first-order valence-corrected chi connectivity index (χ1v) is 39.1. The van der Waals surface area contributed by atoms with E-state index in [9.17, 15) is 19.6 Å². The highest BCUT2D eigenvalue weighted by Crippen LogP contribution is 2.30. The lowest BCUT2D eigenvalue weighted by Gasteiger charge is -2.18. The second-order valence-corrected chi connectivity index (χ2v) is 28.9. The van der Waals surface area contributed by atoms with E-state index in [0.29, 0.717) is 60.6 Å². The first-order valence-electron chi connectivity index (χ1n) is 33.2. The molecule has 0 radical (unpaired) electrons. The second kappa shape index (κ2) is 43.0. The predicted octanol–water partition coefficient (Wildman–Crippen LogP) is 16.2. The van der Waals surface area contributed by atoms with Crippen molar-refractivity contribution in [3.63, 3.8) is 0 Å². The van der Waals surface area contributed by atoms with Gasteiger partial charge in [-0.05, 0) is 257 Å². The molecule has 0 bridgehead atoms. The van der Waals surface area contributed by atoms with E-state index in [1.165, 1.54) is 6.20 Å². The van der Waals surface area contributed by atoms with Crippen LogP contribution in [-0.2, 0) is 10.8 Å². The molecule has 1 unspecified atom stereocenters. The third kappa shape index (κ3) is 28.2. The SMILES string of the molecule is CS(=O)c1nc(Nc2ccc(Nc3ccccn3)cc2)ncc1Br.CSc1nc(Nc2ccc(Nc3ccccn3)cc2)ncc1Br.C[C@@H](N)[C@@H](C)O.C[C@@H](O)[C@@H](C)Nc1nc(Nc2ccc(N=c3ccccn3O)cc2)ncc1Br.C[C@@H](O)[C@@H](C)Nc1nc(Nc2ccc(Nc3ccccn3)cc2)ncc1Br. The lowest BCUT2D eigenvalue weighted by atomic mass is 10.2. The van der Waals surface area contributed by atoms with Crippen molar-refractivity contribution >= 4 is 185 Å². The number of aliphatic hydroxyl groups is 3. The maximum absolute atomic E-state index is 11.6. The molecule has 108 heavy (non-hydrogen) atoms. The van der Waals surface area contributed by atoms with E-state index in [1.807, 2.05) is 172 Å². The average molecular weight is 1760 g/mol. The first kappa shape index (κ1) is 83.5. The van der Waals surface area contributed by atoms with E-state index < -0.39 is 23.0 Å². The van der Waals surface area contributed by atoms with Crippen molar-refractivity contribution in [1.82, 2.24) is 59.6 Å². The molecule has 15 N–H and O–H groups in total. The van der Waals surface area contributed by atoms with Crippen LogP contribution in [0.25, 0.3) is 0 Å². The van der Waals surface area contributed by atoms with E-state index in [-0.39, 0.29) is 24.2 Å². The molecule has 7 atom stereocenters. The normalized spacial score (nSPS) is 12.7. The van der Waals surface area contributed by atoms with Gasteiger partial charge in [0.2, 0.25) is 23.8 Å². The molecule has 0 saturated carbocycles. The molecule has 28 nitrogen and oxygen atoms in total. The van der Waals surface area contributed by atoms with Crippen LogP contribution in [0.3, 0.4) is 0 Å². The van der Waals surface area contributed by atoms with Gasteiger partial charge >= 0.3 is 0 Å². The van der Waals surface area contributed by atoms with Crippen molar-refractivity contribution in [2.75, 3.05) is 60.4 Å². The van der Waals surface area contributed by atoms with Gasteiger partial charge in [-0.25, -0.2) is 49.8 Å². The molecule has 8 aromatic heterocycles. The number of rotatable bonds is 24. The number of halogens is 4. The van der Waals surface area contributed by atoms with Gasteiger partial charge in [0.05, 0.1) is 64.8 Å². The zero-order chi connectivity index (χ0) is 77.5. The van der Waals surface area contributed by atoms with Gasteiger partial charge < -0.3 is 74.1 Å². The Balaban J connectivity index is 0.000000177. The van der Waals surface area contributed by atoms with E-state index in [2.05, 4.69) is 171 Å². The number of nitrogens with two attached hydrogens (primary N) is 1. The van der Waals surface area contributed by atoms with Crippen LogP contribution < -0.4 is 59.1 Å². The molecule has 0 saturated heterocycles. The summed E-state index contributed by atoms with van der Waals surface area (Å²) in [6.07, 6.45) is 15.6. The molecular weight excluding hydrogens is 1670 g/mol. The summed E-state index contributed by atoms with van der Waals surface area (Å²) in [4.78, 5) is 51.7. The Labute approximate surface area is 665 Å². The van der Waals surface area contributed by atoms with Crippen molar-refractivity contribution in [2.24, 2.45) is 10.7 Å². The molecule has 12 rings (SSSR count). The van der Waals surface area contributed by atoms with Gasteiger partial charge in [0.25, 0.3) is 0 Å². The van der Waals surface area contributed by atoms with Crippen molar-refractivity contribution in [3.05, 3.63) is 243 Å². The van der Waals surface area contributed by atoms with Crippen molar-refractivity contribution in [3.8, 4) is 0 Å². The second-order valence-electron chi connectivity index (χ2n) is 23.4. The Bertz CT molecular complexity index is 4820. The van der Waals surface area contributed by atoms with Crippen LogP contribution in [0, 0.1) is 0 Å². The van der Waals surface area contributed by atoms with Crippen molar-refractivity contribution in [2.45, 2.75) is 88.0 Å². The van der Waals surface area contributed by atoms with Gasteiger partial charge in [0, 0.05) is 102 Å². The largest absolute Gasteiger partial charge is 0.427 e. The van der Waals surface area contributed by atoms with Crippen molar-refractivity contribution < 1.29 is 24.7 Å². The van der Waals surface area contributed by atoms with Gasteiger partial charge in [0.15, 0.2) is 5.49 Å². The Morgan fingerprint density at radius 2 is 0.769 bits per heavy atom. The molecular formula is C74H81Br4N23O5S2. The van der Waals surface area contributed by atoms with Crippen LogP contribution in [-0.4, -0.2) is 133 Å². The molecule has 0 fully saturated rings. The molecule has 0 aliphatic rings. The smallest absolute Gasteiger partial charge is 0.229 e. The van der Waals surface area contributed by atoms with Gasteiger partial charge in [0.1, 0.15) is 39.1 Å². The monoisotopic (exact) mass is 1750 g/mol. The quantitative estimate of drug-likeness (QED) is 0.0152. The van der Waals surface area contributed by atoms with Gasteiger partial charge in [-0.1, -0.05) is 24.3 Å². The highest BCUT2D eigenvalue weighted by Gasteiger charge is 2.16. The summed E-state index contributed by atoms with van der Waals surface area (Å²) < 4.78 is 15.6. The number of nitrogens with zero attached hydrogens (tertiary/aromatic N) is 13. The summed E-state index contributed by atoms with van der Waals surface area (Å²) in [5.41, 5.74) is 12.5. The number of hydrogen-bond donors (Lipinski definition) is 14. The number of thioether (sulfide) groups is 1.